The molecule has 1 saturated carbocycles. The van der Waals surface area contributed by atoms with E-state index >= 15 is 0 Å². The summed E-state index contributed by atoms with van der Waals surface area (Å²) in [6, 6.07) is 5.96. The number of nitrogens with zero attached hydrogens (tertiary/aromatic N) is 4. The predicted molar refractivity (Wildman–Crippen MR) is 129 cm³/mol. The summed E-state index contributed by atoms with van der Waals surface area (Å²) in [5.74, 6) is -0.253. The van der Waals surface area contributed by atoms with Gasteiger partial charge in [0.1, 0.15) is 41.2 Å². The number of nitrogens with one attached hydrogen (secondary N) is 2. The highest BCUT2D eigenvalue weighted by Gasteiger charge is 2.41. The fourth-order valence-electron chi connectivity index (χ4n) is 3.75. The molecular formula is C23H28FN7O3S. The van der Waals surface area contributed by atoms with E-state index < -0.39 is 18.2 Å². The van der Waals surface area contributed by atoms with Gasteiger partial charge in [-0.15, -0.1) is 21.5 Å². The Morgan fingerprint density at radius 2 is 2.14 bits per heavy atom. The second-order valence-corrected chi connectivity index (χ2v) is 9.69. The van der Waals surface area contributed by atoms with Crippen molar-refractivity contribution < 1.29 is 19.0 Å². The number of hydrogen-bond donors (Lipinski definition) is 4. The molecule has 186 valence electrons. The first-order chi connectivity index (χ1) is 16.9. The first kappa shape index (κ1) is 25.0. The Bertz CT molecular complexity index is 1140. The lowest BCUT2D eigenvalue weighted by Gasteiger charge is -2.41. The molecule has 3 aromatic rings. The number of anilines is 1. The average molecular weight is 502 g/mol. The van der Waals surface area contributed by atoms with Crippen LogP contribution < -0.4 is 16.4 Å². The number of esters is 1. The van der Waals surface area contributed by atoms with Gasteiger partial charge in [-0.25, -0.2) is 9.37 Å². The third kappa shape index (κ3) is 6.14. The van der Waals surface area contributed by atoms with E-state index in [0.29, 0.717) is 35.3 Å². The number of aliphatic hydroxyl groups excluding tert-OH is 1. The number of nitrogens with two attached hydrogens (primary N) is 1. The molecule has 12 heteroatoms. The number of ether oxygens (including phenoxy) is 1. The normalized spacial score (nSPS) is 16.2. The van der Waals surface area contributed by atoms with Crippen LogP contribution in [-0.4, -0.2) is 56.7 Å². The van der Waals surface area contributed by atoms with E-state index in [1.165, 1.54) is 24.3 Å². The van der Waals surface area contributed by atoms with Crippen LogP contribution >= 0.6 is 11.3 Å². The lowest BCUT2D eigenvalue weighted by molar-refractivity contribution is -0.148. The van der Waals surface area contributed by atoms with Crippen molar-refractivity contribution in [2.45, 2.75) is 50.4 Å². The van der Waals surface area contributed by atoms with Crippen LogP contribution in [0.25, 0.3) is 10.7 Å². The van der Waals surface area contributed by atoms with E-state index in [1.807, 2.05) is 12.1 Å². The highest BCUT2D eigenvalue weighted by molar-refractivity contribution is 7.14. The summed E-state index contributed by atoms with van der Waals surface area (Å²) in [5.41, 5.74) is 6.21. The summed E-state index contributed by atoms with van der Waals surface area (Å²) in [6.45, 7) is 2.19. The number of carbonyl (C=O) groups excluding carboxylic acids is 1. The van der Waals surface area contributed by atoms with Crippen LogP contribution in [0, 0.1) is 5.82 Å². The highest BCUT2D eigenvalue weighted by Crippen LogP contribution is 2.43. The van der Waals surface area contributed by atoms with E-state index in [9.17, 15) is 14.3 Å². The maximum absolute atomic E-state index is 14.3. The number of pyridine rings is 1. The quantitative estimate of drug-likeness (QED) is 0.227. The smallest absolute Gasteiger partial charge is 0.322 e. The highest BCUT2D eigenvalue weighted by atomic mass is 32.1. The first-order valence-corrected chi connectivity index (χ1v) is 12.2. The van der Waals surface area contributed by atoms with Crippen LogP contribution in [0.5, 0.6) is 0 Å². The molecule has 10 nitrogen and oxygen atoms in total. The maximum atomic E-state index is 14.3. The molecule has 1 fully saturated rings. The van der Waals surface area contributed by atoms with E-state index in [4.69, 9.17) is 10.5 Å². The monoisotopic (exact) mass is 501 g/mol. The van der Waals surface area contributed by atoms with Crippen molar-refractivity contribution in [1.82, 2.24) is 25.5 Å². The Labute approximate surface area is 206 Å². The van der Waals surface area contributed by atoms with Crippen LogP contribution in [0.1, 0.15) is 36.8 Å². The summed E-state index contributed by atoms with van der Waals surface area (Å²) in [5, 5.41) is 25.2. The van der Waals surface area contributed by atoms with Crippen LogP contribution in [0.3, 0.4) is 0 Å². The number of hydrogen-bond acceptors (Lipinski definition) is 11. The number of aromatic nitrogens is 4. The summed E-state index contributed by atoms with van der Waals surface area (Å²) >= 11 is 1.41. The summed E-state index contributed by atoms with van der Waals surface area (Å²) in [7, 11) is 0. The second-order valence-electron chi connectivity index (χ2n) is 8.57. The van der Waals surface area contributed by atoms with Gasteiger partial charge in [0, 0.05) is 35.8 Å². The lowest BCUT2D eigenvalue weighted by Crippen LogP contribution is -2.42. The van der Waals surface area contributed by atoms with Gasteiger partial charge in [-0.2, -0.15) is 0 Å². The third-order valence-corrected chi connectivity index (χ3v) is 6.90. The zero-order chi connectivity index (χ0) is 24.8. The van der Waals surface area contributed by atoms with Crippen molar-refractivity contribution in [1.29, 1.82) is 0 Å². The number of carbonyl (C=O) groups is 1. The Kier molecular flexibility index (Phi) is 7.96. The summed E-state index contributed by atoms with van der Waals surface area (Å²) < 4.78 is 19.2. The maximum Gasteiger partial charge on any atom is 0.322 e. The van der Waals surface area contributed by atoms with Crippen molar-refractivity contribution in [3.63, 3.8) is 0 Å². The van der Waals surface area contributed by atoms with Gasteiger partial charge in [0.2, 0.25) is 0 Å². The fraction of sp³-hybridized carbons (Fsp3) is 0.435. The zero-order valence-corrected chi connectivity index (χ0v) is 20.1. The van der Waals surface area contributed by atoms with Crippen molar-refractivity contribution >= 4 is 23.1 Å². The SMILES string of the molecule is C[C@H](N)C(=O)OCC(O)NCc1cnc(-c2ccc(NCC3(c4ncccc4F)CCC3)nn2)s1. The molecule has 0 aromatic carbocycles. The molecule has 3 heterocycles. The minimum atomic E-state index is -1.02. The molecular weight excluding hydrogens is 473 g/mol. The number of halogens is 1. The molecule has 4 rings (SSSR count). The molecule has 0 saturated heterocycles. The van der Waals surface area contributed by atoms with E-state index in [1.54, 1.807) is 18.5 Å². The Morgan fingerprint density at radius 1 is 1.31 bits per heavy atom. The van der Waals surface area contributed by atoms with Crippen molar-refractivity contribution in [2.75, 3.05) is 18.5 Å². The van der Waals surface area contributed by atoms with Crippen LogP contribution in [0.2, 0.25) is 0 Å². The zero-order valence-electron chi connectivity index (χ0n) is 19.3. The molecule has 0 bridgehead atoms. The predicted octanol–water partition coefficient (Wildman–Crippen LogP) is 1.97. The van der Waals surface area contributed by atoms with E-state index in [2.05, 4.69) is 30.8 Å². The van der Waals surface area contributed by atoms with Crippen molar-refractivity contribution in [3.8, 4) is 10.7 Å². The van der Waals surface area contributed by atoms with Gasteiger partial charge >= 0.3 is 5.97 Å². The second kappa shape index (κ2) is 11.1. The number of aliphatic hydroxyl groups is 1. The van der Waals surface area contributed by atoms with Crippen LogP contribution in [0.15, 0.2) is 36.7 Å². The van der Waals surface area contributed by atoms with Gasteiger partial charge in [-0.3, -0.25) is 15.1 Å². The summed E-state index contributed by atoms with van der Waals surface area (Å²) in [6.07, 6.45) is 5.08. The van der Waals surface area contributed by atoms with Gasteiger partial charge in [0.15, 0.2) is 0 Å². The van der Waals surface area contributed by atoms with Gasteiger partial charge < -0.3 is 20.9 Å². The molecule has 3 aromatic heterocycles. The topological polar surface area (TPSA) is 148 Å². The summed E-state index contributed by atoms with van der Waals surface area (Å²) in [4.78, 5) is 20.9. The molecule has 1 aliphatic rings. The number of thiazole rings is 1. The molecule has 0 spiro atoms. The van der Waals surface area contributed by atoms with Gasteiger partial charge in [-0.1, -0.05) is 6.42 Å². The molecule has 0 radical (unpaired) electrons. The number of rotatable bonds is 11. The first-order valence-electron chi connectivity index (χ1n) is 11.3. The minimum absolute atomic E-state index is 0.194. The average Bonchev–Trinajstić information content (AvgIpc) is 3.31. The fourth-order valence-corrected chi connectivity index (χ4v) is 4.58. The third-order valence-electron chi connectivity index (χ3n) is 5.88. The Morgan fingerprint density at radius 3 is 2.80 bits per heavy atom. The molecule has 5 N–H and O–H groups in total. The lowest BCUT2D eigenvalue weighted by atomic mass is 9.66. The van der Waals surface area contributed by atoms with Gasteiger partial charge in [0.05, 0.1) is 5.69 Å². The van der Waals surface area contributed by atoms with Crippen LogP contribution in [-0.2, 0) is 21.5 Å². The molecule has 1 aliphatic carbocycles. The van der Waals surface area contributed by atoms with Crippen LogP contribution in [0.4, 0.5) is 10.2 Å². The standard InChI is InChI=1S/C23H28FN7O3S/c1-14(25)22(33)34-12-19(32)27-10-15-11-28-21(35-15)17-5-6-18(31-30-17)29-13-23(7-3-8-23)20-16(24)4-2-9-26-20/h2,4-6,9,11,14,19,27,32H,3,7-8,10,12-13,25H2,1H3,(H,29,31)/t14-,19?/m0/s1. The molecule has 35 heavy (non-hydrogen) atoms. The van der Waals surface area contributed by atoms with E-state index in [0.717, 1.165) is 24.1 Å². The largest absolute Gasteiger partial charge is 0.460 e. The van der Waals surface area contributed by atoms with Gasteiger partial charge in [-0.05, 0) is 44.0 Å². The molecule has 0 aliphatic heterocycles. The molecule has 2 atom stereocenters. The van der Waals surface area contributed by atoms with E-state index in [-0.39, 0.29) is 17.8 Å². The van der Waals surface area contributed by atoms with Crippen molar-refractivity contribution in [3.05, 3.63) is 53.0 Å². The van der Waals surface area contributed by atoms with Gasteiger partial charge in [0.25, 0.3) is 0 Å². The molecule has 1 unspecified atom stereocenters. The minimum Gasteiger partial charge on any atom is -0.460 e. The Hall–Kier alpha value is -3.06. The Balaban J connectivity index is 1.29. The van der Waals surface area contributed by atoms with Crippen molar-refractivity contribution in [2.24, 2.45) is 5.73 Å². The molecule has 0 amide bonds.